The number of hydrogen-bond donors (Lipinski definition) is 1. The lowest BCUT2D eigenvalue weighted by atomic mass is 10.2. The van der Waals surface area contributed by atoms with Crippen LogP contribution in [0.25, 0.3) is 6.08 Å². The van der Waals surface area contributed by atoms with Gasteiger partial charge in [0.25, 0.3) is 5.91 Å². The first-order valence-corrected chi connectivity index (χ1v) is 7.03. The molecule has 0 unspecified atom stereocenters. The second kappa shape index (κ2) is 6.19. The largest absolute Gasteiger partial charge is 0.493 e. The summed E-state index contributed by atoms with van der Waals surface area (Å²) >= 11 is 7.29. The zero-order chi connectivity index (χ0) is 14.7. The maximum absolute atomic E-state index is 11.6. The van der Waals surface area contributed by atoms with Gasteiger partial charge in [-0.25, -0.2) is 0 Å². The van der Waals surface area contributed by atoms with Crippen molar-refractivity contribution in [2.45, 2.75) is 6.92 Å². The van der Waals surface area contributed by atoms with Gasteiger partial charge in [0, 0.05) is 0 Å². The molecule has 0 spiro atoms. The predicted molar refractivity (Wildman–Crippen MR) is 81.4 cm³/mol. The van der Waals surface area contributed by atoms with E-state index in [2.05, 4.69) is 4.99 Å². The molecule has 0 aliphatic carbocycles. The number of thioether (sulfide) groups is 1. The van der Waals surface area contributed by atoms with Gasteiger partial charge in [0.1, 0.15) is 0 Å². The fourth-order valence-electron chi connectivity index (χ4n) is 1.68. The van der Waals surface area contributed by atoms with Crippen molar-refractivity contribution in [2.75, 3.05) is 13.7 Å². The summed E-state index contributed by atoms with van der Waals surface area (Å²) in [6, 6.07) is 3.44. The lowest BCUT2D eigenvalue weighted by molar-refractivity contribution is -0.113. The van der Waals surface area contributed by atoms with Gasteiger partial charge in [-0.05, 0) is 42.5 Å². The monoisotopic (exact) mass is 312 g/mol. The molecule has 0 bridgehead atoms. The molecule has 7 heteroatoms. The lowest BCUT2D eigenvalue weighted by Crippen LogP contribution is -2.01. The standard InChI is InChI=1S/C13H13ClN2O3S/c1-3-19-11-8(14)4-7(5-9(11)18-2)6-10-12(17)16-13(15)20-10/h4-6H,3H2,1-2H3,(H2,15,16,17)/b10-6-. The van der Waals surface area contributed by atoms with Gasteiger partial charge < -0.3 is 15.2 Å². The van der Waals surface area contributed by atoms with Gasteiger partial charge in [0.2, 0.25) is 0 Å². The summed E-state index contributed by atoms with van der Waals surface area (Å²) in [5, 5.41) is 0.660. The highest BCUT2D eigenvalue weighted by atomic mass is 35.5. The number of nitrogens with zero attached hydrogens (tertiary/aromatic N) is 1. The molecule has 0 saturated heterocycles. The minimum Gasteiger partial charge on any atom is -0.493 e. The van der Waals surface area contributed by atoms with Crippen LogP contribution in [0.15, 0.2) is 22.0 Å². The number of amides is 1. The summed E-state index contributed by atoms with van der Waals surface area (Å²) in [6.45, 7) is 2.34. The topological polar surface area (TPSA) is 73.9 Å². The molecule has 20 heavy (non-hydrogen) atoms. The molecule has 2 N–H and O–H groups in total. The maximum Gasteiger partial charge on any atom is 0.286 e. The Labute approximate surface area is 125 Å². The van der Waals surface area contributed by atoms with Crippen LogP contribution in [0.4, 0.5) is 0 Å². The van der Waals surface area contributed by atoms with E-state index in [1.54, 1.807) is 18.2 Å². The summed E-state index contributed by atoms with van der Waals surface area (Å²) in [5.41, 5.74) is 6.22. The first kappa shape index (κ1) is 14.7. The van der Waals surface area contributed by atoms with Crippen molar-refractivity contribution in [1.29, 1.82) is 0 Å². The number of benzene rings is 1. The Hall–Kier alpha value is -1.66. The number of aliphatic imine (C=N–C) groups is 1. The summed E-state index contributed by atoms with van der Waals surface area (Å²) in [4.78, 5) is 15.6. The maximum atomic E-state index is 11.6. The van der Waals surface area contributed by atoms with Crippen molar-refractivity contribution in [3.63, 3.8) is 0 Å². The number of amidine groups is 1. The highest BCUT2D eigenvalue weighted by Gasteiger charge is 2.20. The number of halogens is 1. The Bertz CT molecular complexity index is 614. The summed E-state index contributed by atoms with van der Waals surface area (Å²) in [6.07, 6.45) is 1.67. The van der Waals surface area contributed by atoms with Crippen LogP contribution in [0.2, 0.25) is 5.02 Å². The van der Waals surface area contributed by atoms with E-state index >= 15 is 0 Å². The molecular formula is C13H13ClN2O3S. The van der Waals surface area contributed by atoms with E-state index < -0.39 is 0 Å². The molecule has 2 rings (SSSR count). The molecule has 0 fully saturated rings. The third-order valence-electron chi connectivity index (χ3n) is 2.48. The van der Waals surface area contributed by atoms with E-state index in [1.807, 2.05) is 6.92 Å². The van der Waals surface area contributed by atoms with Gasteiger partial charge in [0.05, 0.1) is 23.6 Å². The zero-order valence-corrected chi connectivity index (χ0v) is 12.5. The molecule has 1 aromatic rings. The van der Waals surface area contributed by atoms with Gasteiger partial charge in [0.15, 0.2) is 16.7 Å². The lowest BCUT2D eigenvalue weighted by Gasteiger charge is -2.12. The summed E-state index contributed by atoms with van der Waals surface area (Å²) in [7, 11) is 1.53. The average molecular weight is 313 g/mol. The minimum absolute atomic E-state index is 0.241. The number of nitrogens with two attached hydrogens (primary N) is 1. The SMILES string of the molecule is CCOc1c(Cl)cc(/C=C2\SC(N)=NC2=O)cc1OC. The Morgan fingerprint density at radius 3 is 2.80 bits per heavy atom. The quantitative estimate of drug-likeness (QED) is 0.865. The highest BCUT2D eigenvalue weighted by Crippen LogP contribution is 2.38. The molecule has 106 valence electrons. The van der Waals surface area contributed by atoms with Crippen molar-refractivity contribution in [3.8, 4) is 11.5 Å². The molecule has 1 amide bonds. The van der Waals surface area contributed by atoms with Crippen LogP contribution >= 0.6 is 23.4 Å². The summed E-state index contributed by atoms with van der Waals surface area (Å²) < 4.78 is 10.7. The van der Waals surface area contributed by atoms with Crippen molar-refractivity contribution in [1.82, 2.24) is 0 Å². The Morgan fingerprint density at radius 2 is 2.25 bits per heavy atom. The van der Waals surface area contributed by atoms with E-state index in [4.69, 9.17) is 26.8 Å². The third-order valence-corrected chi connectivity index (χ3v) is 3.57. The first-order valence-electron chi connectivity index (χ1n) is 5.83. The number of ether oxygens (including phenoxy) is 2. The number of hydrogen-bond acceptors (Lipinski definition) is 5. The van der Waals surface area contributed by atoms with Crippen molar-refractivity contribution in [3.05, 3.63) is 27.6 Å². The molecule has 0 atom stereocenters. The smallest absolute Gasteiger partial charge is 0.286 e. The molecule has 0 saturated carbocycles. The molecule has 0 aromatic heterocycles. The van der Waals surface area contributed by atoms with E-state index in [9.17, 15) is 4.79 Å². The van der Waals surface area contributed by atoms with Crippen LogP contribution in [0.5, 0.6) is 11.5 Å². The number of rotatable bonds is 4. The van der Waals surface area contributed by atoms with E-state index in [1.165, 1.54) is 7.11 Å². The van der Waals surface area contributed by atoms with Gasteiger partial charge >= 0.3 is 0 Å². The van der Waals surface area contributed by atoms with Crippen molar-refractivity contribution >= 4 is 40.5 Å². The average Bonchev–Trinajstić information content (AvgIpc) is 2.70. The molecule has 1 aliphatic rings. The number of carbonyl (C=O) groups excluding carboxylic acids is 1. The summed E-state index contributed by atoms with van der Waals surface area (Å²) in [5.74, 6) is 0.645. The molecular weight excluding hydrogens is 300 g/mol. The van der Waals surface area contributed by atoms with Gasteiger partial charge in [-0.1, -0.05) is 11.6 Å². The second-order valence-electron chi connectivity index (χ2n) is 3.83. The zero-order valence-electron chi connectivity index (χ0n) is 11.0. The fourth-order valence-corrected chi connectivity index (χ4v) is 2.64. The predicted octanol–water partition coefficient (Wildman–Crippen LogP) is 2.68. The van der Waals surface area contributed by atoms with Crippen LogP contribution in [-0.2, 0) is 4.79 Å². The van der Waals surface area contributed by atoms with Gasteiger partial charge in [-0.2, -0.15) is 4.99 Å². The Morgan fingerprint density at radius 1 is 1.50 bits per heavy atom. The van der Waals surface area contributed by atoms with Gasteiger partial charge in [-0.15, -0.1) is 0 Å². The van der Waals surface area contributed by atoms with Crippen LogP contribution in [-0.4, -0.2) is 24.8 Å². The van der Waals surface area contributed by atoms with Crippen LogP contribution in [0, 0.1) is 0 Å². The van der Waals surface area contributed by atoms with Crippen LogP contribution < -0.4 is 15.2 Å². The molecule has 1 heterocycles. The first-order chi connectivity index (χ1) is 9.55. The van der Waals surface area contributed by atoms with Crippen molar-refractivity contribution in [2.24, 2.45) is 10.7 Å². The third kappa shape index (κ3) is 3.08. The molecule has 5 nitrogen and oxygen atoms in total. The van der Waals surface area contributed by atoms with E-state index in [0.29, 0.717) is 28.0 Å². The van der Waals surface area contributed by atoms with Gasteiger partial charge in [-0.3, -0.25) is 4.79 Å². The number of methoxy groups -OCH3 is 1. The molecule has 1 aliphatic heterocycles. The minimum atomic E-state index is -0.350. The highest BCUT2D eigenvalue weighted by molar-refractivity contribution is 8.18. The molecule has 1 aromatic carbocycles. The Kier molecular flexibility index (Phi) is 4.57. The number of carbonyl (C=O) groups is 1. The fraction of sp³-hybridized carbons (Fsp3) is 0.231. The van der Waals surface area contributed by atoms with E-state index in [-0.39, 0.29) is 11.1 Å². The Balaban J connectivity index is 2.37. The van der Waals surface area contributed by atoms with Crippen LogP contribution in [0.1, 0.15) is 12.5 Å². The van der Waals surface area contributed by atoms with Crippen molar-refractivity contribution < 1.29 is 14.3 Å². The van der Waals surface area contributed by atoms with E-state index in [0.717, 1.165) is 17.3 Å². The van der Waals surface area contributed by atoms with Crippen LogP contribution in [0.3, 0.4) is 0 Å². The normalized spacial score (nSPS) is 16.4. The molecule has 0 radical (unpaired) electrons. The second-order valence-corrected chi connectivity index (χ2v) is 5.30.